The summed E-state index contributed by atoms with van der Waals surface area (Å²) in [4.78, 5) is 57.6. The fourth-order valence-electron chi connectivity index (χ4n) is 14.1. The van der Waals surface area contributed by atoms with Crippen LogP contribution in [0.15, 0.2) is 370 Å². The molecule has 0 aliphatic rings. The van der Waals surface area contributed by atoms with E-state index >= 15 is 9.59 Å². The van der Waals surface area contributed by atoms with Crippen LogP contribution in [-0.4, -0.2) is 64.5 Å². The van der Waals surface area contributed by atoms with Gasteiger partial charge in [-0.3, -0.25) is 19.2 Å². The molecule has 0 saturated carbocycles. The maximum atomic E-state index is 15.3. The average Bonchev–Trinajstić information content (AvgIpc) is 0.758. The van der Waals surface area contributed by atoms with Crippen molar-refractivity contribution in [1.29, 1.82) is 0 Å². The Kier molecular flexibility index (Phi) is 29.3. The Hall–Kier alpha value is -15.6. The van der Waals surface area contributed by atoms with E-state index in [2.05, 4.69) is 10.6 Å². The van der Waals surface area contributed by atoms with Gasteiger partial charge in [0.05, 0.1) is 26.4 Å². The first-order valence-electron chi connectivity index (χ1n) is 42.2. The van der Waals surface area contributed by atoms with Crippen molar-refractivity contribution in [2.24, 2.45) is 0 Å². The molecule has 0 saturated heterocycles. The van der Waals surface area contributed by atoms with Crippen molar-refractivity contribution < 1.29 is 75.3 Å². The van der Waals surface area contributed by atoms with Crippen LogP contribution in [0.2, 0.25) is 0 Å². The third-order valence-corrected chi connectivity index (χ3v) is 20.8. The smallest absolute Gasteiger partial charge is 0.251 e. The first kappa shape index (κ1) is 85.9. The maximum Gasteiger partial charge on any atom is 0.251 e. The molecule has 0 aliphatic carbocycles. The number of hydrogen-bond acceptors (Lipinski definition) is 18. The van der Waals surface area contributed by atoms with Crippen molar-refractivity contribution in [2.75, 3.05) is 52.7 Å². The van der Waals surface area contributed by atoms with E-state index in [0.29, 0.717) is 56.8 Å². The molecule has 16 aromatic rings. The predicted molar refractivity (Wildman–Crippen MR) is 491 cm³/mol. The fraction of sp³-hybridized carbons (Fsp3) is 0.148. The van der Waals surface area contributed by atoms with Gasteiger partial charge in [-0.2, -0.15) is 0 Å². The van der Waals surface area contributed by atoms with E-state index in [9.17, 15) is 9.59 Å². The monoisotopic (exact) mass is 1700 g/mol. The molecule has 0 spiro atoms. The van der Waals surface area contributed by atoms with Crippen LogP contribution >= 0.6 is 0 Å². The molecule has 0 bridgehead atoms. The third-order valence-electron chi connectivity index (χ3n) is 20.8. The number of nitrogens with one attached hydrogen (secondary N) is 2. The molecular weight excluding hydrogens is 1610 g/mol. The number of hydrogen-bond donors (Lipinski definition) is 2. The zero-order valence-corrected chi connectivity index (χ0v) is 70.1. The molecule has 2 aromatic heterocycles. The van der Waals surface area contributed by atoms with Crippen molar-refractivity contribution in [2.45, 2.75) is 52.9 Å². The molecule has 16 rings (SSSR count). The van der Waals surface area contributed by atoms with Gasteiger partial charge in [0.2, 0.25) is 22.4 Å². The number of benzene rings is 14. The second-order valence-electron chi connectivity index (χ2n) is 29.9. The van der Waals surface area contributed by atoms with E-state index in [1.54, 1.807) is 84.9 Å². The van der Waals surface area contributed by atoms with Gasteiger partial charge >= 0.3 is 0 Å². The highest BCUT2D eigenvalue weighted by atomic mass is 16.5. The maximum absolute atomic E-state index is 15.3. The molecule has 0 unspecified atom stereocenters. The minimum absolute atomic E-state index is 0.0382. The molecule has 0 fully saturated rings. The summed E-state index contributed by atoms with van der Waals surface area (Å²) >= 11 is 0. The summed E-state index contributed by atoms with van der Waals surface area (Å²) in [5, 5.41) is 6.15. The van der Waals surface area contributed by atoms with Crippen molar-refractivity contribution in [3.63, 3.8) is 0 Å². The summed E-state index contributed by atoms with van der Waals surface area (Å²) in [5.74, 6) is 2.52. The third kappa shape index (κ3) is 23.2. The van der Waals surface area contributed by atoms with Gasteiger partial charge in [0.25, 0.3) is 11.8 Å². The van der Waals surface area contributed by atoms with Gasteiger partial charge in [-0.05, 0) is 116 Å². The van der Waals surface area contributed by atoms with Crippen LogP contribution in [0, 0.1) is 0 Å². The van der Waals surface area contributed by atoms with E-state index < -0.39 is 10.9 Å². The van der Waals surface area contributed by atoms with Crippen LogP contribution in [0.3, 0.4) is 0 Å². The molecular formula is C108H92N2O18. The summed E-state index contributed by atoms with van der Waals surface area (Å²) in [6.07, 6.45) is 0. The lowest BCUT2D eigenvalue weighted by Gasteiger charge is -2.17. The Bertz CT molecular complexity index is 6060. The highest BCUT2D eigenvalue weighted by Crippen LogP contribution is 2.44. The molecule has 642 valence electrons. The van der Waals surface area contributed by atoms with Crippen molar-refractivity contribution in [3.8, 4) is 91.3 Å². The molecule has 0 atom stereocenters. The molecule has 0 aliphatic heterocycles. The largest absolute Gasteiger partial charge is 0.489 e. The number of carbonyl (C=O) groups is 2. The van der Waals surface area contributed by atoms with Gasteiger partial charge in [0.1, 0.15) is 111 Å². The zero-order chi connectivity index (χ0) is 87.3. The Morgan fingerprint density at radius 2 is 0.508 bits per heavy atom. The van der Waals surface area contributed by atoms with Crippen LogP contribution in [0.1, 0.15) is 65.2 Å². The van der Waals surface area contributed by atoms with Gasteiger partial charge in [0.15, 0.2) is 34.5 Å². The molecule has 128 heavy (non-hydrogen) atoms. The number of carbonyl (C=O) groups excluding carboxylic acids is 2. The molecule has 2 amide bonds. The zero-order valence-electron chi connectivity index (χ0n) is 70.1. The molecule has 2 heterocycles. The standard InChI is InChI=1S/C108H92N2O18/c111-101-99-95(125-73-81-37-21-7-22-38-81)63-89(119-67-75-25-9-1-10-26-75)65-97(99)127-103(87-49-51-91(121-69-77-29-13-3-14-30-77)93(61-87)123-71-79-33-17-5-18-34-79)105(101)117-59-57-115-55-53-109-107(113)85-45-41-83(42-46-85)84-43-47-86(48-44-84)108(114)110-54-56-116-58-60-118-106-102(112)100-96(126-74-82-39-23-8-24-40-82)64-90(120-68-76-27-11-2-12-28-76)66-98(100)128-104(106)88-50-52-92(122-70-78-31-15-4-16-32-78)94(62-88)124-72-80-35-19-6-20-36-80/h1-52,61-66H,53-60,67-74H2,(H,109,113)(H,110,114). The molecule has 14 aromatic carbocycles. The van der Waals surface area contributed by atoms with Gasteiger partial charge in [-0.15, -0.1) is 0 Å². The van der Waals surface area contributed by atoms with Crippen LogP contribution in [0.5, 0.6) is 57.5 Å². The second kappa shape index (κ2) is 43.6. The quantitative estimate of drug-likeness (QED) is 0.0338. The van der Waals surface area contributed by atoms with Crippen molar-refractivity contribution in [1.82, 2.24) is 10.6 Å². The minimum atomic E-state index is -0.490. The van der Waals surface area contributed by atoms with Gasteiger partial charge < -0.3 is 76.3 Å². The topological polar surface area (TPSA) is 229 Å². The number of fused-ring (bicyclic) bond motifs is 2. The number of rotatable bonds is 43. The second-order valence-corrected chi connectivity index (χ2v) is 29.9. The lowest BCUT2D eigenvalue weighted by atomic mass is 10.0. The molecule has 20 heteroatoms. The molecule has 0 radical (unpaired) electrons. The lowest BCUT2D eigenvalue weighted by molar-refractivity contribution is 0.0860. The number of ether oxygens (including phenoxy) is 12. The Labute approximate surface area is 740 Å². The van der Waals surface area contributed by atoms with Crippen molar-refractivity contribution >= 4 is 33.8 Å². The Balaban J connectivity index is 0.544. The molecule has 2 N–H and O–H groups in total. The van der Waals surface area contributed by atoms with E-state index in [4.69, 9.17) is 65.7 Å². The van der Waals surface area contributed by atoms with Gasteiger partial charge in [-0.1, -0.05) is 267 Å². The summed E-state index contributed by atoms with van der Waals surface area (Å²) in [6.45, 7) is 2.30. The summed E-state index contributed by atoms with van der Waals surface area (Å²) < 4.78 is 90.0. The van der Waals surface area contributed by atoms with Crippen LogP contribution in [-0.2, 0) is 62.3 Å². The first-order valence-corrected chi connectivity index (χ1v) is 42.2. The Morgan fingerprint density at radius 1 is 0.242 bits per heavy atom. The Morgan fingerprint density at radius 3 is 0.805 bits per heavy atom. The number of amides is 2. The average molecular weight is 1710 g/mol. The van der Waals surface area contributed by atoms with Crippen molar-refractivity contribution in [3.05, 3.63) is 428 Å². The van der Waals surface area contributed by atoms with Crippen LogP contribution in [0.25, 0.3) is 55.7 Å². The fourth-order valence-corrected chi connectivity index (χ4v) is 14.1. The summed E-state index contributed by atoms with van der Waals surface area (Å²) in [6, 6.07) is 110. The van der Waals surface area contributed by atoms with Gasteiger partial charge in [0, 0.05) is 59.6 Å². The van der Waals surface area contributed by atoms with E-state index in [-0.39, 0.29) is 174 Å². The lowest BCUT2D eigenvalue weighted by Crippen LogP contribution is -2.27. The molecule has 20 nitrogen and oxygen atoms in total. The minimum Gasteiger partial charge on any atom is -0.489 e. The SMILES string of the molecule is O=C(NCCOCCOc1c(-c2ccc(OCc3ccccc3)c(OCc3ccccc3)c2)oc2cc(OCc3ccccc3)cc(OCc3ccccc3)c2c1=O)c1ccc(-c2ccc(C(=O)NCCOCCOc3c(-c4ccc(OCc5ccccc5)c(OCc5ccccc5)c4)oc4cc(OCc5ccccc5)cc(OCc5ccccc5)c4c3=O)cc2)cc1. The van der Waals surface area contributed by atoms with Crippen LogP contribution in [0.4, 0.5) is 0 Å². The normalized spacial score (nSPS) is 11.0. The van der Waals surface area contributed by atoms with Gasteiger partial charge in [-0.25, -0.2) is 0 Å². The predicted octanol–water partition coefficient (Wildman–Crippen LogP) is 21.2. The highest BCUT2D eigenvalue weighted by molar-refractivity contribution is 5.96. The van der Waals surface area contributed by atoms with E-state index in [0.717, 1.165) is 55.6 Å². The van der Waals surface area contributed by atoms with Crippen LogP contribution < -0.4 is 68.9 Å². The van der Waals surface area contributed by atoms with E-state index in [1.165, 1.54) is 0 Å². The highest BCUT2D eigenvalue weighted by Gasteiger charge is 2.27. The van der Waals surface area contributed by atoms with E-state index in [1.807, 2.05) is 267 Å². The summed E-state index contributed by atoms with van der Waals surface area (Å²) in [5.41, 5.74) is 10.3. The first-order chi connectivity index (χ1) is 63.1. The summed E-state index contributed by atoms with van der Waals surface area (Å²) in [7, 11) is 0.